The van der Waals surface area contributed by atoms with Crippen LogP contribution in [-0.2, 0) is 11.2 Å². The Hall–Kier alpha value is -1.71. The molecule has 4 nitrogen and oxygen atoms in total. The highest BCUT2D eigenvalue weighted by Gasteiger charge is 2.25. The fourth-order valence-electron chi connectivity index (χ4n) is 1.53. The van der Waals surface area contributed by atoms with E-state index >= 15 is 0 Å². The van der Waals surface area contributed by atoms with Crippen LogP contribution in [0.3, 0.4) is 0 Å². The second kappa shape index (κ2) is 2.90. The molecule has 72 valence electrons. The number of Topliss-reactive ketones (excluding diaryl/α,β-unsaturated/α-hetero) is 1. The number of carbonyl (C=O) groups is 2. The maximum atomic E-state index is 11.3. The van der Waals surface area contributed by atoms with Crippen LogP contribution in [0.25, 0.3) is 0 Å². The van der Waals surface area contributed by atoms with Crippen LogP contribution in [0.15, 0.2) is 12.3 Å². The van der Waals surface area contributed by atoms with Gasteiger partial charge in [0.15, 0.2) is 5.78 Å². The molecule has 0 fully saturated rings. The number of nitrogens with zero attached hydrogens (tertiary/aromatic N) is 2. The Labute approximate surface area is 81.6 Å². The molecule has 14 heavy (non-hydrogen) atoms. The number of pyridine rings is 1. The molecule has 1 amide bonds. The molecule has 0 saturated heterocycles. The summed E-state index contributed by atoms with van der Waals surface area (Å²) in [6, 6.07) is 1.74. The Balaban J connectivity index is 2.49. The zero-order chi connectivity index (χ0) is 10.3. The maximum absolute atomic E-state index is 11.3. The largest absolute Gasteiger partial charge is 0.299 e. The summed E-state index contributed by atoms with van der Waals surface area (Å²) < 4.78 is 0. The number of ketones is 1. The van der Waals surface area contributed by atoms with Crippen LogP contribution in [0.4, 0.5) is 5.82 Å². The second-order valence-electron chi connectivity index (χ2n) is 3.39. The van der Waals surface area contributed by atoms with Crippen LogP contribution < -0.4 is 4.90 Å². The first-order chi connectivity index (χ1) is 6.59. The summed E-state index contributed by atoms with van der Waals surface area (Å²) in [5.41, 5.74) is 1.40. The Kier molecular flexibility index (Phi) is 1.84. The summed E-state index contributed by atoms with van der Waals surface area (Å²) in [7, 11) is 1.69. The van der Waals surface area contributed by atoms with Crippen molar-refractivity contribution in [3.8, 4) is 0 Å². The molecule has 0 spiro atoms. The summed E-state index contributed by atoms with van der Waals surface area (Å²) in [5, 5.41) is 0. The van der Waals surface area contributed by atoms with Crippen molar-refractivity contribution in [3.63, 3.8) is 0 Å². The van der Waals surface area contributed by atoms with Gasteiger partial charge in [-0.25, -0.2) is 4.98 Å². The van der Waals surface area contributed by atoms with E-state index in [4.69, 9.17) is 0 Å². The highest BCUT2D eigenvalue weighted by molar-refractivity contribution is 6.01. The molecule has 1 aliphatic rings. The van der Waals surface area contributed by atoms with Crippen LogP contribution in [0.2, 0.25) is 0 Å². The molecule has 2 heterocycles. The Morgan fingerprint density at radius 2 is 2.29 bits per heavy atom. The van der Waals surface area contributed by atoms with Crippen LogP contribution in [-0.4, -0.2) is 23.7 Å². The van der Waals surface area contributed by atoms with Crippen molar-refractivity contribution in [2.24, 2.45) is 0 Å². The van der Waals surface area contributed by atoms with E-state index in [1.807, 2.05) is 0 Å². The van der Waals surface area contributed by atoms with Gasteiger partial charge in [-0.2, -0.15) is 0 Å². The van der Waals surface area contributed by atoms with Gasteiger partial charge in [-0.05, 0) is 13.0 Å². The lowest BCUT2D eigenvalue weighted by Gasteiger charge is -2.08. The summed E-state index contributed by atoms with van der Waals surface area (Å²) in [6.07, 6.45) is 1.86. The van der Waals surface area contributed by atoms with E-state index in [9.17, 15) is 9.59 Å². The van der Waals surface area contributed by atoms with Crippen molar-refractivity contribution < 1.29 is 9.59 Å². The van der Waals surface area contributed by atoms with Crippen molar-refractivity contribution in [2.75, 3.05) is 11.9 Å². The van der Waals surface area contributed by atoms with Crippen molar-refractivity contribution in [2.45, 2.75) is 13.3 Å². The van der Waals surface area contributed by atoms with E-state index in [2.05, 4.69) is 4.98 Å². The number of anilines is 1. The number of amides is 1. The lowest BCUT2D eigenvalue weighted by molar-refractivity contribution is -0.117. The zero-order valence-corrected chi connectivity index (χ0v) is 8.07. The smallest absolute Gasteiger partial charge is 0.232 e. The number of hydrogen-bond donors (Lipinski definition) is 0. The predicted molar refractivity (Wildman–Crippen MR) is 51.4 cm³/mol. The molecular weight excluding hydrogens is 180 g/mol. The van der Waals surface area contributed by atoms with Gasteiger partial charge in [0, 0.05) is 24.4 Å². The molecule has 0 atom stereocenters. The van der Waals surface area contributed by atoms with Crippen molar-refractivity contribution >= 4 is 17.5 Å². The molecule has 0 unspecified atom stereocenters. The van der Waals surface area contributed by atoms with Crippen LogP contribution in [0.1, 0.15) is 22.8 Å². The fraction of sp³-hybridized carbons (Fsp3) is 0.300. The Bertz CT molecular complexity index is 426. The summed E-state index contributed by atoms with van der Waals surface area (Å²) in [6.45, 7) is 1.49. The van der Waals surface area contributed by atoms with Gasteiger partial charge in [0.2, 0.25) is 5.91 Å². The molecule has 4 heteroatoms. The van der Waals surface area contributed by atoms with E-state index in [0.29, 0.717) is 17.8 Å². The number of fused-ring (bicyclic) bond motifs is 1. The fourth-order valence-corrected chi connectivity index (χ4v) is 1.53. The van der Waals surface area contributed by atoms with E-state index in [1.54, 1.807) is 13.1 Å². The predicted octanol–water partition coefficient (Wildman–Crippen LogP) is 0.803. The van der Waals surface area contributed by atoms with Crippen LogP contribution in [0.5, 0.6) is 0 Å². The lowest BCUT2D eigenvalue weighted by atomic mass is 10.1. The first kappa shape index (κ1) is 8.87. The van der Waals surface area contributed by atoms with Crippen LogP contribution in [0, 0.1) is 0 Å². The number of rotatable bonds is 1. The molecular formula is C10H10N2O2. The number of aromatic nitrogens is 1. The van der Waals surface area contributed by atoms with Gasteiger partial charge in [-0.15, -0.1) is 0 Å². The number of hydrogen-bond acceptors (Lipinski definition) is 3. The molecule has 0 saturated carbocycles. The number of likely N-dealkylation sites (N-methyl/N-ethyl adjacent to an activating group) is 1. The van der Waals surface area contributed by atoms with Gasteiger partial charge in [-0.1, -0.05) is 0 Å². The lowest BCUT2D eigenvalue weighted by Crippen LogP contribution is -2.21. The SMILES string of the molecule is CC(=O)c1cnc2c(c1)CC(=O)N2C. The Morgan fingerprint density at radius 3 is 2.93 bits per heavy atom. The van der Waals surface area contributed by atoms with Gasteiger partial charge in [0.05, 0.1) is 6.42 Å². The highest BCUT2D eigenvalue weighted by Crippen LogP contribution is 2.25. The van der Waals surface area contributed by atoms with Gasteiger partial charge < -0.3 is 0 Å². The molecule has 0 bridgehead atoms. The van der Waals surface area contributed by atoms with E-state index < -0.39 is 0 Å². The summed E-state index contributed by atoms with van der Waals surface area (Å²) in [4.78, 5) is 28.0. The van der Waals surface area contributed by atoms with Crippen molar-refractivity contribution in [3.05, 3.63) is 23.4 Å². The third-order valence-electron chi connectivity index (χ3n) is 2.38. The second-order valence-corrected chi connectivity index (χ2v) is 3.39. The molecule has 1 aromatic rings. The molecule has 0 radical (unpaired) electrons. The molecule has 0 aromatic carbocycles. The Morgan fingerprint density at radius 1 is 1.57 bits per heavy atom. The van der Waals surface area contributed by atoms with Gasteiger partial charge >= 0.3 is 0 Å². The van der Waals surface area contributed by atoms with E-state index in [-0.39, 0.29) is 11.7 Å². The quantitative estimate of drug-likeness (QED) is 0.615. The standard InChI is InChI=1S/C10H10N2O2/c1-6(13)8-3-7-4-9(14)12(2)10(7)11-5-8/h3,5H,4H2,1-2H3. The average molecular weight is 190 g/mol. The zero-order valence-electron chi connectivity index (χ0n) is 8.07. The molecule has 0 N–H and O–H groups in total. The van der Waals surface area contributed by atoms with Gasteiger partial charge in [0.25, 0.3) is 0 Å². The minimum absolute atomic E-state index is 0.0215. The average Bonchev–Trinajstić information content (AvgIpc) is 2.42. The summed E-state index contributed by atoms with van der Waals surface area (Å²) in [5.74, 6) is 0.663. The molecule has 0 aliphatic carbocycles. The van der Waals surface area contributed by atoms with Crippen molar-refractivity contribution in [1.29, 1.82) is 0 Å². The molecule has 1 aromatic heterocycles. The third-order valence-corrected chi connectivity index (χ3v) is 2.38. The van der Waals surface area contributed by atoms with Gasteiger partial charge in [-0.3, -0.25) is 14.5 Å². The first-order valence-electron chi connectivity index (χ1n) is 4.36. The molecule has 2 rings (SSSR count). The van der Waals surface area contributed by atoms with E-state index in [0.717, 1.165) is 5.56 Å². The maximum Gasteiger partial charge on any atom is 0.232 e. The highest BCUT2D eigenvalue weighted by atomic mass is 16.2. The minimum Gasteiger partial charge on any atom is -0.299 e. The summed E-state index contributed by atoms with van der Waals surface area (Å²) >= 11 is 0. The van der Waals surface area contributed by atoms with Gasteiger partial charge in [0.1, 0.15) is 5.82 Å². The van der Waals surface area contributed by atoms with Crippen molar-refractivity contribution in [1.82, 2.24) is 4.98 Å². The number of carbonyl (C=O) groups excluding carboxylic acids is 2. The first-order valence-corrected chi connectivity index (χ1v) is 4.36. The topological polar surface area (TPSA) is 50.3 Å². The molecule has 1 aliphatic heterocycles. The third kappa shape index (κ3) is 1.19. The minimum atomic E-state index is -0.0256. The van der Waals surface area contributed by atoms with Crippen LogP contribution >= 0.6 is 0 Å². The monoisotopic (exact) mass is 190 g/mol. The normalized spacial score (nSPS) is 14.4. The van der Waals surface area contributed by atoms with E-state index in [1.165, 1.54) is 18.0 Å².